The van der Waals surface area contributed by atoms with Crippen molar-refractivity contribution in [3.63, 3.8) is 0 Å². The Hall–Kier alpha value is -2.33. The van der Waals surface area contributed by atoms with Crippen LogP contribution in [0.4, 0.5) is 5.69 Å². The molecule has 0 saturated carbocycles. The molecule has 0 atom stereocenters. The van der Waals surface area contributed by atoms with Gasteiger partial charge in [0.05, 0.1) is 6.61 Å². The van der Waals surface area contributed by atoms with E-state index in [0.29, 0.717) is 12.2 Å². The van der Waals surface area contributed by atoms with E-state index in [9.17, 15) is 4.79 Å². The lowest BCUT2D eigenvalue weighted by Crippen LogP contribution is -2.26. The number of carbonyl (C=O) groups excluding carboxylic acids is 1. The highest BCUT2D eigenvalue weighted by Crippen LogP contribution is 2.22. The van der Waals surface area contributed by atoms with Crippen LogP contribution in [0.3, 0.4) is 0 Å². The number of ether oxygens (including phenoxy) is 1. The molecular formula is C20H24N2O2. The number of amides is 1. The molecule has 24 heavy (non-hydrogen) atoms. The zero-order chi connectivity index (χ0) is 16.9. The second-order valence-electron chi connectivity index (χ2n) is 6.30. The number of carbonyl (C=O) groups is 1. The summed E-state index contributed by atoms with van der Waals surface area (Å²) in [5.41, 5.74) is 4.16. The van der Waals surface area contributed by atoms with E-state index in [2.05, 4.69) is 36.3 Å². The Labute approximate surface area is 143 Å². The lowest BCUT2D eigenvalue weighted by molar-refractivity contribution is 0.102. The zero-order valence-electron chi connectivity index (χ0n) is 14.3. The van der Waals surface area contributed by atoms with E-state index in [0.717, 1.165) is 37.4 Å². The number of fused-ring (bicyclic) bond motifs is 1. The summed E-state index contributed by atoms with van der Waals surface area (Å²) < 4.78 is 5.54. The van der Waals surface area contributed by atoms with Crippen molar-refractivity contribution in [1.82, 2.24) is 4.90 Å². The summed E-state index contributed by atoms with van der Waals surface area (Å²) in [5.74, 6) is 0.700. The number of nitrogens with one attached hydrogen (secondary N) is 1. The highest BCUT2D eigenvalue weighted by Gasteiger charge is 2.14. The Morgan fingerprint density at radius 3 is 2.71 bits per heavy atom. The Kier molecular flexibility index (Phi) is 5.16. The molecule has 1 heterocycles. The minimum Gasteiger partial charge on any atom is -0.494 e. The van der Waals surface area contributed by atoms with Crippen molar-refractivity contribution in [1.29, 1.82) is 0 Å². The van der Waals surface area contributed by atoms with Gasteiger partial charge < -0.3 is 15.0 Å². The third-order valence-electron chi connectivity index (χ3n) is 4.26. The fraction of sp³-hybridized carbons (Fsp3) is 0.350. The fourth-order valence-electron chi connectivity index (χ4n) is 2.90. The maximum Gasteiger partial charge on any atom is 0.255 e. The molecular weight excluding hydrogens is 300 g/mol. The minimum absolute atomic E-state index is 0.0962. The number of hydrogen-bond acceptors (Lipinski definition) is 3. The molecule has 2 aromatic rings. The molecule has 0 fully saturated rings. The molecule has 3 rings (SSSR count). The number of nitrogens with zero attached hydrogens (tertiary/aromatic N) is 1. The molecule has 0 aliphatic carbocycles. The molecule has 1 aliphatic rings. The van der Waals surface area contributed by atoms with Gasteiger partial charge in [0.2, 0.25) is 0 Å². The van der Waals surface area contributed by atoms with Gasteiger partial charge in [0.25, 0.3) is 5.91 Å². The minimum atomic E-state index is -0.0962. The van der Waals surface area contributed by atoms with E-state index in [4.69, 9.17) is 4.74 Å². The predicted octanol–water partition coefficient (Wildman–Crippen LogP) is 3.72. The molecule has 0 unspecified atom stereocenters. The van der Waals surface area contributed by atoms with Crippen molar-refractivity contribution in [3.05, 3.63) is 59.2 Å². The molecule has 0 bridgehead atoms. The Morgan fingerprint density at radius 1 is 1.17 bits per heavy atom. The average Bonchev–Trinajstić information content (AvgIpc) is 2.60. The highest BCUT2D eigenvalue weighted by atomic mass is 16.5. The first-order valence-corrected chi connectivity index (χ1v) is 8.50. The summed E-state index contributed by atoms with van der Waals surface area (Å²) >= 11 is 0. The van der Waals surface area contributed by atoms with Gasteiger partial charge in [-0.25, -0.2) is 0 Å². The van der Waals surface area contributed by atoms with Crippen LogP contribution in [0.25, 0.3) is 0 Å². The van der Waals surface area contributed by atoms with Crippen LogP contribution in [0.2, 0.25) is 0 Å². The zero-order valence-corrected chi connectivity index (χ0v) is 14.3. The Morgan fingerprint density at radius 2 is 1.96 bits per heavy atom. The van der Waals surface area contributed by atoms with Crippen LogP contribution >= 0.6 is 0 Å². The highest BCUT2D eigenvalue weighted by molar-refractivity contribution is 6.04. The third kappa shape index (κ3) is 3.95. The summed E-state index contributed by atoms with van der Waals surface area (Å²) in [6, 6.07) is 13.5. The second-order valence-corrected chi connectivity index (χ2v) is 6.30. The normalized spacial score (nSPS) is 14.1. The van der Waals surface area contributed by atoms with Crippen molar-refractivity contribution < 1.29 is 9.53 Å². The van der Waals surface area contributed by atoms with Gasteiger partial charge in [-0.1, -0.05) is 13.0 Å². The van der Waals surface area contributed by atoms with Gasteiger partial charge in [-0.15, -0.1) is 0 Å². The smallest absolute Gasteiger partial charge is 0.255 e. The van der Waals surface area contributed by atoms with Crippen LogP contribution in [0.5, 0.6) is 5.75 Å². The molecule has 4 nitrogen and oxygen atoms in total. The Bertz CT molecular complexity index is 710. The van der Waals surface area contributed by atoms with Gasteiger partial charge in [0.1, 0.15) is 5.75 Å². The summed E-state index contributed by atoms with van der Waals surface area (Å²) in [6.45, 7) is 4.78. The quantitative estimate of drug-likeness (QED) is 0.911. The monoisotopic (exact) mass is 324 g/mol. The van der Waals surface area contributed by atoms with E-state index < -0.39 is 0 Å². The van der Waals surface area contributed by atoms with E-state index in [1.165, 1.54) is 11.1 Å². The summed E-state index contributed by atoms with van der Waals surface area (Å²) in [4.78, 5) is 14.7. The van der Waals surface area contributed by atoms with Crippen LogP contribution in [0.1, 0.15) is 34.8 Å². The number of likely N-dealkylation sites (N-methyl/N-ethyl adjacent to an activating group) is 1. The Balaban J connectivity index is 1.67. The van der Waals surface area contributed by atoms with Gasteiger partial charge >= 0.3 is 0 Å². The predicted molar refractivity (Wildman–Crippen MR) is 96.7 cm³/mol. The lowest BCUT2D eigenvalue weighted by atomic mass is 9.99. The van der Waals surface area contributed by atoms with Crippen molar-refractivity contribution in [2.75, 3.05) is 25.5 Å². The molecule has 126 valence electrons. The largest absolute Gasteiger partial charge is 0.494 e. The van der Waals surface area contributed by atoms with Crippen LogP contribution < -0.4 is 10.1 Å². The molecule has 1 N–H and O–H groups in total. The van der Waals surface area contributed by atoms with Gasteiger partial charge in [-0.3, -0.25) is 4.79 Å². The molecule has 0 saturated heterocycles. The van der Waals surface area contributed by atoms with Gasteiger partial charge in [0.15, 0.2) is 0 Å². The van der Waals surface area contributed by atoms with Crippen LogP contribution in [0, 0.1) is 0 Å². The van der Waals surface area contributed by atoms with Crippen molar-refractivity contribution in [2.45, 2.75) is 26.3 Å². The van der Waals surface area contributed by atoms with Crippen LogP contribution in [0.15, 0.2) is 42.5 Å². The van der Waals surface area contributed by atoms with E-state index >= 15 is 0 Å². The van der Waals surface area contributed by atoms with Crippen molar-refractivity contribution in [2.24, 2.45) is 0 Å². The molecule has 2 aromatic carbocycles. The molecule has 4 heteroatoms. The number of rotatable bonds is 5. The number of benzene rings is 2. The molecule has 1 aliphatic heterocycles. The summed E-state index contributed by atoms with van der Waals surface area (Å²) in [5, 5.41) is 2.99. The average molecular weight is 324 g/mol. The lowest BCUT2D eigenvalue weighted by Gasteiger charge is -2.25. The first-order valence-electron chi connectivity index (χ1n) is 8.50. The molecule has 0 spiro atoms. The van der Waals surface area contributed by atoms with Crippen molar-refractivity contribution in [3.8, 4) is 5.75 Å². The molecule has 0 aromatic heterocycles. The fourth-order valence-corrected chi connectivity index (χ4v) is 2.90. The van der Waals surface area contributed by atoms with Crippen molar-refractivity contribution >= 4 is 11.6 Å². The first kappa shape index (κ1) is 16.5. The maximum atomic E-state index is 12.4. The van der Waals surface area contributed by atoms with Crippen LogP contribution in [-0.2, 0) is 13.0 Å². The summed E-state index contributed by atoms with van der Waals surface area (Å²) in [7, 11) is 2.12. The topological polar surface area (TPSA) is 41.6 Å². The van der Waals surface area contributed by atoms with Gasteiger partial charge in [-0.05, 0) is 67.4 Å². The molecule has 0 radical (unpaired) electrons. The van der Waals surface area contributed by atoms with E-state index in [1.807, 2.05) is 18.2 Å². The standard InChI is InChI=1S/C20H24N2O2/c1-3-12-24-19-8-5-16(6-9-19)20(23)21-18-7-4-15-10-11-22(2)14-17(15)13-18/h4-9,13H,3,10-12,14H2,1-2H3,(H,21,23). The second kappa shape index (κ2) is 7.49. The third-order valence-corrected chi connectivity index (χ3v) is 4.26. The first-order chi connectivity index (χ1) is 11.7. The number of hydrogen-bond donors (Lipinski definition) is 1. The van der Waals surface area contributed by atoms with Gasteiger partial charge in [0, 0.05) is 24.3 Å². The van der Waals surface area contributed by atoms with Crippen LogP contribution in [-0.4, -0.2) is 31.0 Å². The maximum absolute atomic E-state index is 12.4. The SMILES string of the molecule is CCCOc1ccc(C(=O)Nc2ccc3c(c2)CN(C)CC3)cc1. The summed E-state index contributed by atoms with van der Waals surface area (Å²) in [6.07, 6.45) is 2.04. The molecule has 1 amide bonds. The van der Waals surface area contributed by atoms with E-state index in [1.54, 1.807) is 12.1 Å². The van der Waals surface area contributed by atoms with E-state index in [-0.39, 0.29) is 5.91 Å². The van der Waals surface area contributed by atoms with Gasteiger partial charge in [-0.2, -0.15) is 0 Å². The number of anilines is 1.